The fourth-order valence-corrected chi connectivity index (χ4v) is 3.00. The molecule has 5 heteroatoms. The summed E-state index contributed by atoms with van der Waals surface area (Å²) in [4.78, 5) is 10.1. The Labute approximate surface area is 126 Å². The minimum absolute atomic E-state index is 0.692. The first-order valence-corrected chi connectivity index (χ1v) is 7.39. The molecular weight excluding hydrogens is 290 g/mol. The third-order valence-electron chi connectivity index (χ3n) is 2.86. The third kappa shape index (κ3) is 2.53. The van der Waals surface area contributed by atoms with Crippen molar-refractivity contribution in [3.8, 4) is 22.0 Å². The van der Waals surface area contributed by atoms with Crippen LogP contribution in [0.5, 0.6) is 0 Å². The molecule has 0 saturated heterocycles. The van der Waals surface area contributed by atoms with E-state index in [-0.39, 0.29) is 0 Å². The van der Waals surface area contributed by atoms with Gasteiger partial charge in [0.05, 0.1) is 15.6 Å². The molecule has 0 atom stereocenters. The smallest absolute Gasteiger partial charge is 0.162 e. The summed E-state index contributed by atoms with van der Waals surface area (Å²) in [6, 6.07) is 13.7. The SMILES string of the molecule is CNc1cc(-c2sccc2Cl)nc(-c2ccccc2)n1. The molecule has 20 heavy (non-hydrogen) atoms. The molecule has 3 rings (SSSR count). The number of nitrogens with zero attached hydrogens (tertiary/aromatic N) is 2. The third-order valence-corrected chi connectivity index (χ3v) is 4.23. The van der Waals surface area contributed by atoms with Crippen molar-refractivity contribution in [1.29, 1.82) is 0 Å². The van der Waals surface area contributed by atoms with E-state index in [9.17, 15) is 0 Å². The standard InChI is InChI=1S/C15H12ClN3S/c1-17-13-9-12(14-11(16)7-8-20-14)18-15(19-13)10-5-3-2-4-6-10/h2-9H,1H3,(H,17,18,19). The van der Waals surface area contributed by atoms with Crippen molar-refractivity contribution in [3.05, 3.63) is 52.9 Å². The van der Waals surface area contributed by atoms with E-state index in [1.54, 1.807) is 11.3 Å². The minimum atomic E-state index is 0.692. The van der Waals surface area contributed by atoms with Crippen LogP contribution in [-0.2, 0) is 0 Å². The van der Waals surface area contributed by atoms with Gasteiger partial charge in [0.2, 0.25) is 0 Å². The number of anilines is 1. The lowest BCUT2D eigenvalue weighted by Crippen LogP contribution is -1.98. The van der Waals surface area contributed by atoms with Crippen molar-refractivity contribution < 1.29 is 0 Å². The molecule has 0 amide bonds. The molecule has 0 fully saturated rings. The van der Waals surface area contributed by atoms with Crippen LogP contribution in [0, 0.1) is 0 Å². The quantitative estimate of drug-likeness (QED) is 0.770. The van der Waals surface area contributed by atoms with Crippen LogP contribution in [0.25, 0.3) is 22.0 Å². The molecule has 0 bridgehead atoms. The molecule has 1 aromatic carbocycles. The Morgan fingerprint density at radius 2 is 1.90 bits per heavy atom. The Hall–Kier alpha value is -1.91. The average Bonchev–Trinajstić information content (AvgIpc) is 2.94. The number of thiophene rings is 1. The Bertz CT molecular complexity index is 725. The lowest BCUT2D eigenvalue weighted by molar-refractivity contribution is 1.17. The van der Waals surface area contributed by atoms with Crippen LogP contribution in [0.1, 0.15) is 0 Å². The second kappa shape index (κ2) is 5.61. The van der Waals surface area contributed by atoms with Crippen molar-refractivity contribution in [2.45, 2.75) is 0 Å². The van der Waals surface area contributed by atoms with Crippen molar-refractivity contribution in [2.75, 3.05) is 12.4 Å². The van der Waals surface area contributed by atoms with E-state index in [1.807, 2.05) is 54.9 Å². The molecule has 0 aliphatic heterocycles. The summed E-state index contributed by atoms with van der Waals surface area (Å²) in [6.45, 7) is 0. The van der Waals surface area contributed by atoms with Gasteiger partial charge in [-0.2, -0.15) is 0 Å². The molecule has 3 nitrogen and oxygen atoms in total. The van der Waals surface area contributed by atoms with Gasteiger partial charge in [0.15, 0.2) is 5.82 Å². The summed E-state index contributed by atoms with van der Waals surface area (Å²) < 4.78 is 0. The molecule has 0 saturated carbocycles. The van der Waals surface area contributed by atoms with Gasteiger partial charge in [-0.15, -0.1) is 11.3 Å². The van der Waals surface area contributed by atoms with Gasteiger partial charge in [0, 0.05) is 18.7 Å². The second-order valence-electron chi connectivity index (χ2n) is 4.18. The lowest BCUT2D eigenvalue weighted by atomic mass is 10.2. The molecule has 0 unspecified atom stereocenters. The Kier molecular flexibility index (Phi) is 3.67. The monoisotopic (exact) mass is 301 g/mol. The van der Waals surface area contributed by atoms with Gasteiger partial charge in [-0.05, 0) is 11.4 Å². The average molecular weight is 302 g/mol. The first-order valence-electron chi connectivity index (χ1n) is 6.13. The predicted molar refractivity (Wildman–Crippen MR) is 85.3 cm³/mol. The van der Waals surface area contributed by atoms with Gasteiger partial charge in [-0.1, -0.05) is 41.9 Å². The van der Waals surface area contributed by atoms with Crippen LogP contribution < -0.4 is 5.32 Å². The summed E-state index contributed by atoms with van der Waals surface area (Å²) in [7, 11) is 1.84. The highest BCUT2D eigenvalue weighted by Crippen LogP contribution is 2.33. The van der Waals surface area contributed by atoms with E-state index in [1.165, 1.54) is 0 Å². The van der Waals surface area contributed by atoms with Crippen LogP contribution >= 0.6 is 22.9 Å². The van der Waals surface area contributed by atoms with Crippen molar-refractivity contribution >= 4 is 28.8 Å². The number of benzene rings is 1. The van der Waals surface area contributed by atoms with E-state index < -0.39 is 0 Å². The topological polar surface area (TPSA) is 37.8 Å². The highest BCUT2D eigenvalue weighted by Gasteiger charge is 2.11. The number of rotatable bonds is 3. The summed E-state index contributed by atoms with van der Waals surface area (Å²) >= 11 is 7.77. The largest absolute Gasteiger partial charge is 0.373 e. The number of aromatic nitrogens is 2. The molecular formula is C15H12ClN3S. The lowest BCUT2D eigenvalue weighted by Gasteiger charge is -2.07. The first-order chi connectivity index (χ1) is 9.78. The molecule has 1 N–H and O–H groups in total. The maximum absolute atomic E-state index is 6.20. The zero-order valence-corrected chi connectivity index (χ0v) is 12.4. The van der Waals surface area contributed by atoms with Gasteiger partial charge in [-0.3, -0.25) is 0 Å². The zero-order chi connectivity index (χ0) is 13.9. The maximum atomic E-state index is 6.20. The van der Waals surface area contributed by atoms with Crippen LogP contribution in [0.4, 0.5) is 5.82 Å². The molecule has 2 aromatic heterocycles. The van der Waals surface area contributed by atoms with Crippen molar-refractivity contribution in [1.82, 2.24) is 9.97 Å². The maximum Gasteiger partial charge on any atom is 0.162 e. The molecule has 100 valence electrons. The molecule has 2 heterocycles. The number of halogens is 1. The Morgan fingerprint density at radius 1 is 1.10 bits per heavy atom. The van der Waals surface area contributed by atoms with E-state index >= 15 is 0 Å². The predicted octanol–water partition coefficient (Wildman–Crippen LogP) is 4.57. The minimum Gasteiger partial charge on any atom is -0.373 e. The summed E-state index contributed by atoms with van der Waals surface area (Å²) in [5, 5.41) is 5.75. The molecule has 0 aliphatic rings. The molecule has 0 spiro atoms. The van der Waals surface area contributed by atoms with Gasteiger partial charge in [0.1, 0.15) is 5.82 Å². The van der Waals surface area contributed by atoms with Gasteiger partial charge in [0.25, 0.3) is 0 Å². The van der Waals surface area contributed by atoms with Crippen LogP contribution in [-0.4, -0.2) is 17.0 Å². The second-order valence-corrected chi connectivity index (χ2v) is 5.50. The summed E-state index contributed by atoms with van der Waals surface area (Å²) in [6.07, 6.45) is 0. The molecule has 3 aromatic rings. The molecule has 0 radical (unpaired) electrons. The van der Waals surface area contributed by atoms with Gasteiger partial charge >= 0.3 is 0 Å². The Morgan fingerprint density at radius 3 is 2.55 bits per heavy atom. The number of hydrogen-bond acceptors (Lipinski definition) is 4. The van der Waals surface area contributed by atoms with Crippen LogP contribution in [0.2, 0.25) is 5.02 Å². The highest BCUT2D eigenvalue weighted by molar-refractivity contribution is 7.14. The fourth-order valence-electron chi connectivity index (χ4n) is 1.88. The summed E-state index contributed by atoms with van der Waals surface area (Å²) in [5.41, 5.74) is 1.82. The highest BCUT2D eigenvalue weighted by atomic mass is 35.5. The number of nitrogens with one attached hydrogen (secondary N) is 1. The van der Waals surface area contributed by atoms with Crippen LogP contribution in [0.3, 0.4) is 0 Å². The first kappa shape index (κ1) is 13.1. The summed E-state index contributed by atoms with van der Waals surface area (Å²) in [5.74, 6) is 1.47. The fraction of sp³-hybridized carbons (Fsp3) is 0.0667. The van der Waals surface area contributed by atoms with E-state index in [2.05, 4.69) is 15.3 Å². The van der Waals surface area contributed by atoms with Gasteiger partial charge < -0.3 is 5.32 Å². The van der Waals surface area contributed by atoms with E-state index in [0.29, 0.717) is 5.82 Å². The van der Waals surface area contributed by atoms with Crippen molar-refractivity contribution in [3.63, 3.8) is 0 Å². The van der Waals surface area contributed by atoms with E-state index in [4.69, 9.17) is 11.6 Å². The Balaban J connectivity index is 2.15. The normalized spacial score (nSPS) is 10.5. The van der Waals surface area contributed by atoms with Gasteiger partial charge in [-0.25, -0.2) is 9.97 Å². The van der Waals surface area contributed by atoms with E-state index in [0.717, 1.165) is 27.0 Å². The number of hydrogen-bond donors (Lipinski definition) is 1. The van der Waals surface area contributed by atoms with Crippen molar-refractivity contribution in [2.24, 2.45) is 0 Å². The van der Waals surface area contributed by atoms with Crippen LogP contribution in [0.15, 0.2) is 47.8 Å². The molecule has 0 aliphatic carbocycles. The zero-order valence-electron chi connectivity index (χ0n) is 10.8.